The molecule has 0 aromatic rings. The Bertz CT molecular complexity index is 307. The first-order chi connectivity index (χ1) is 10.8. The molecular formula is C19H38N3. The van der Waals surface area contributed by atoms with Crippen LogP contribution in [-0.2, 0) is 0 Å². The molecule has 22 heavy (non-hydrogen) atoms. The minimum Gasteiger partial charge on any atom is -0.314 e. The molecule has 0 saturated carbocycles. The van der Waals surface area contributed by atoms with Gasteiger partial charge in [0.05, 0.1) is 6.17 Å². The summed E-state index contributed by atoms with van der Waals surface area (Å²) in [4.78, 5) is 2.77. The van der Waals surface area contributed by atoms with E-state index in [1.165, 1.54) is 45.1 Å². The highest BCUT2D eigenvalue weighted by Gasteiger charge is 2.42. The van der Waals surface area contributed by atoms with Crippen molar-refractivity contribution in [3.05, 3.63) is 0 Å². The van der Waals surface area contributed by atoms with Gasteiger partial charge >= 0.3 is 0 Å². The maximum Gasteiger partial charge on any atom is 0.0795 e. The Morgan fingerprint density at radius 2 is 1.82 bits per heavy atom. The average Bonchev–Trinajstić information content (AvgIpc) is 2.58. The van der Waals surface area contributed by atoms with Crippen LogP contribution in [0.2, 0.25) is 0 Å². The first kappa shape index (κ1) is 18.2. The van der Waals surface area contributed by atoms with Crippen molar-refractivity contribution in [2.24, 2.45) is 17.8 Å². The summed E-state index contributed by atoms with van der Waals surface area (Å²) in [6, 6.07) is 0.701. The Labute approximate surface area is 138 Å². The van der Waals surface area contributed by atoms with Gasteiger partial charge in [0, 0.05) is 32.2 Å². The lowest BCUT2D eigenvalue weighted by molar-refractivity contribution is -0.0218. The summed E-state index contributed by atoms with van der Waals surface area (Å²) in [5.41, 5.74) is 0. The molecule has 0 spiro atoms. The van der Waals surface area contributed by atoms with Crippen molar-refractivity contribution in [2.75, 3.05) is 26.2 Å². The van der Waals surface area contributed by atoms with Gasteiger partial charge in [-0.3, -0.25) is 4.90 Å². The zero-order chi connectivity index (χ0) is 15.9. The molecule has 5 atom stereocenters. The standard InChI is InChI=1S/C19H38N3/c1-5-9-10-16-14-20-11-12-22(16)19-18(8-4)17(7-3)15(6-2)13-21-19/h15-20H,5-14H2,1-4H3. The van der Waals surface area contributed by atoms with Crippen LogP contribution < -0.4 is 10.6 Å². The van der Waals surface area contributed by atoms with Gasteiger partial charge in [-0.15, -0.1) is 0 Å². The lowest BCUT2D eigenvalue weighted by Gasteiger charge is -2.50. The lowest BCUT2D eigenvalue weighted by Crippen LogP contribution is -2.63. The lowest BCUT2D eigenvalue weighted by atomic mass is 9.72. The van der Waals surface area contributed by atoms with Gasteiger partial charge < -0.3 is 5.32 Å². The number of rotatable bonds is 7. The number of hydrogen-bond donors (Lipinski definition) is 1. The van der Waals surface area contributed by atoms with E-state index < -0.39 is 0 Å². The van der Waals surface area contributed by atoms with Crippen LogP contribution in [0.1, 0.15) is 66.2 Å². The fourth-order valence-electron chi connectivity index (χ4n) is 4.85. The smallest absolute Gasteiger partial charge is 0.0795 e. The molecule has 3 heteroatoms. The molecule has 2 heterocycles. The first-order valence-corrected chi connectivity index (χ1v) is 9.89. The second kappa shape index (κ2) is 9.24. The van der Waals surface area contributed by atoms with E-state index in [2.05, 4.69) is 37.9 Å². The number of nitrogens with zero attached hydrogens (tertiary/aromatic N) is 2. The summed E-state index contributed by atoms with van der Waals surface area (Å²) in [6.45, 7) is 14.0. The predicted octanol–water partition coefficient (Wildman–Crippen LogP) is 3.47. The average molecular weight is 309 g/mol. The van der Waals surface area contributed by atoms with E-state index >= 15 is 0 Å². The van der Waals surface area contributed by atoms with Crippen molar-refractivity contribution in [3.63, 3.8) is 0 Å². The summed E-state index contributed by atoms with van der Waals surface area (Å²) >= 11 is 0. The number of nitrogens with one attached hydrogen (secondary N) is 1. The molecule has 2 saturated heterocycles. The normalized spacial score (nSPS) is 37.4. The van der Waals surface area contributed by atoms with E-state index in [1.807, 2.05) is 0 Å². The minimum absolute atomic E-state index is 0.488. The van der Waals surface area contributed by atoms with Crippen LogP contribution in [-0.4, -0.2) is 43.3 Å². The van der Waals surface area contributed by atoms with E-state index in [4.69, 9.17) is 5.32 Å². The molecule has 2 aliphatic rings. The number of piperazine rings is 1. The summed E-state index contributed by atoms with van der Waals surface area (Å²) in [5.74, 6) is 2.47. The molecule has 0 amide bonds. The highest BCUT2D eigenvalue weighted by Crippen LogP contribution is 2.37. The van der Waals surface area contributed by atoms with Crippen molar-refractivity contribution >= 4 is 0 Å². The van der Waals surface area contributed by atoms with Gasteiger partial charge in [0.15, 0.2) is 0 Å². The fraction of sp³-hybridized carbons (Fsp3) is 1.00. The Morgan fingerprint density at radius 1 is 1.05 bits per heavy atom. The zero-order valence-electron chi connectivity index (χ0n) is 15.4. The Kier molecular flexibility index (Phi) is 7.66. The SMILES string of the molecule is CCCCC1CNCCN1C1[N]CC(CC)C(CC)C1CC. The maximum atomic E-state index is 5.21. The van der Waals surface area contributed by atoms with Crippen LogP contribution in [0.4, 0.5) is 0 Å². The van der Waals surface area contributed by atoms with E-state index in [1.54, 1.807) is 0 Å². The van der Waals surface area contributed by atoms with Crippen molar-refractivity contribution in [1.29, 1.82) is 0 Å². The number of piperidine rings is 1. The molecule has 0 bridgehead atoms. The highest BCUT2D eigenvalue weighted by molar-refractivity contribution is 4.94. The van der Waals surface area contributed by atoms with Crippen LogP contribution in [0.15, 0.2) is 0 Å². The van der Waals surface area contributed by atoms with Gasteiger partial charge in [0.2, 0.25) is 0 Å². The van der Waals surface area contributed by atoms with E-state index in [0.29, 0.717) is 12.2 Å². The molecular weight excluding hydrogens is 270 g/mol. The Balaban J connectivity index is 2.09. The summed E-state index contributed by atoms with van der Waals surface area (Å²) in [7, 11) is 0. The van der Waals surface area contributed by atoms with Crippen molar-refractivity contribution in [3.8, 4) is 0 Å². The van der Waals surface area contributed by atoms with Crippen LogP contribution in [0.5, 0.6) is 0 Å². The van der Waals surface area contributed by atoms with E-state index in [-0.39, 0.29) is 0 Å². The van der Waals surface area contributed by atoms with Crippen LogP contribution >= 0.6 is 0 Å². The van der Waals surface area contributed by atoms with Crippen LogP contribution in [0.3, 0.4) is 0 Å². The molecule has 0 aliphatic carbocycles. The van der Waals surface area contributed by atoms with Crippen molar-refractivity contribution in [1.82, 2.24) is 15.5 Å². The van der Waals surface area contributed by atoms with Gasteiger partial charge in [-0.1, -0.05) is 59.8 Å². The summed E-state index contributed by atoms with van der Waals surface area (Å²) in [5, 5.41) is 8.82. The van der Waals surface area contributed by atoms with E-state index in [9.17, 15) is 0 Å². The van der Waals surface area contributed by atoms with Gasteiger partial charge in [0.25, 0.3) is 0 Å². The third-order valence-electron chi connectivity index (χ3n) is 6.16. The fourth-order valence-corrected chi connectivity index (χ4v) is 4.85. The van der Waals surface area contributed by atoms with Crippen LogP contribution in [0.25, 0.3) is 0 Å². The predicted molar refractivity (Wildman–Crippen MR) is 95.0 cm³/mol. The third kappa shape index (κ3) is 4.04. The molecule has 5 unspecified atom stereocenters. The van der Waals surface area contributed by atoms with Crippen LogP contribution in [0, 0.1) is 17.8 Å². The number of hydrogen-bond acceptors (Lipinski definition) is 2. The molecule has 1 N–H and O–H groups in total. The second-order valence-corrected chi connectivity index (χ2v) is 7.33. The minimum atomic E-state index is 0.488. The van der Waals surface area contributed by atoms with Gasteiger partial charge in [-0.05, 0) is 24.2 Å². The van der Waals surface area contributed by atoms with Gasteiger partial charge in [-0.25, -0.2) is 5.32 Å². The molecule has 3 nitrogen and oxygen atoms in total. The summed E-state index contributed by atoms with van der Waals surface area (Å²) < 4.78 is 0. The quantitative estimate of drug-likeness (QED) is 0.780. The maximum absolute atomic E-state index is 5.21. The monoisotopic (exact) mass is 308 g/mol. The zero-order valence-corrected chi connectivity index (χ0v) is 15.4. The van der Waals surface area contributed by atoms with Crippen molar-refractivity contribution < 1.29 is 0 Å². The highest BCUT2D eigenvalue weighted by atomic mass is 15.3. The van der Waals surface area contributed by atoms with Gasteiger partial charge in [-0.2, -0.15) is 0 Å². The van der Waals surface area contributed by atoms with Crippen molar-refractivity contribution in [2.45, 2.75) is 78.4 Å². The topological polar surface area (TPSA) is 29.4 Å². The Hall–Kier alpha value is -0.120. The molecule has 2 fully saturated rings. The molecule has 0 aromatic heterocycles. The van der Waals surface area contributed by atoms with Gasteiger partial charge in [0.1, 0.15) is 0 Å². The van der Waals surface area contributed by atoms with E-state index in [0.717, 1.165) is 37.4 Å². The summed E-state index contributed by atoms with van der Waals surface area (Å²) in [6.07, 6.45) is 8.38. The molecule has 0 aromatic carbocycles. The first-order valence-electron chi connectivity index (χ1n) is 9.89. The second-order valence-electron chi connectivity index (χ2n) is 7.33. The molecule has 2 aliphatic heterocycles. The molecule has 2 rings (SSSR count). The molecule has 129 valence electrons. The number of unbranched alkanes of at least 4 members (excludes halogenated alkanes) is 1. The Morgan fingerprint density at radius 3 is 2.45 bits per heavy atom. The third-order valence-corrected chi connectivity index (χ3v) is 6.16. The largest absolute Gasteiger partial charge is 0.314 e. The molecule has 1 radical (unpaired) electrons.